The highest BCUT2D eigenvalue weighted by Gasteiger charge is 2.12. The summed E-state index contributed by atoms with van der Waals surface area (Å²) in [7, 11) is 0. The van der Waals surface area contributed by atoms with Crippen LogP contribution in [0.15, 0.2) is 115 Å². The molecule has 0 spiro atoms. The normalized spacial score (nSPS) is 12.3. The zero-order valence-corrected chi connectivity index (χ0v) is 22.7. The van der Waals surface area contributed by atoms with Gasteiger partial charge < -0.3 is 4.90 Å². The van der Waals surface area contributed by atoms with Crippen molar-refractivity contribution in [3.8, 4) is 11.8 Å². The van der Waals surface area contributed by atoms with E-state index in [2.05, 4.69) is 146 Å². The van der Waals surface area contributed by atoms with Gasteiger partial charge >= 0.3 is 0 Å². The summed E-state index contributed by atoms with van der Waals surface area (Å²) in [6, 6.07) is 42.1. The smallest absolute Gasteiger partial charge is 0.0462 e. The average Bonchev–Trinajstić information content (AvgIpc) is 2.96. The quantitative estimate of drug-likeness (QED) is 0.222. The predicted molar refractivity (Wildman–Crippen MR) is 164 cm³/mol. The Morgan fingerprint density at radius 1 is 0.462 bits per heavy atom. The predicted octanol–water partition coefficient (Wildman–Crippen LogP) is 9.06. The van der Waals surface area contributed by atoms with Crippen LogP contribution in [0.3, 0.4) is 0 Å². The fraction of sp³-hybridized carbons (Fsp3) is 0.158. The van der Waals surface area contributed by atoms with Gasteiger partial charge in [-0.05, 0) is 116 Å². The van der Waals surface area contributed by atoms with E-state index in [0.29, 0.717) is 0 Å². The minimum absolute atomic E-state index is 1.00. The van der Waals surface area contributed by atoms with Gasteiger partial charge in [-0.15, -0.1) is 0 Å². The molecule has 5 aromatic carbocycles. The van der Waals surface area contributed by atoms with Crippen LogP contribution < -0.4 is 4.90 Å². The van der Waals surface area contributed by atoms with Crippen LogP contribution >= 0.6 is 0 Å². The molecule has 0 fully saturated rings. The van der Waals surface area contributed by atoms with E-state index in [1.54, 1.807) is 0 Å². The van der Waals surface area contributed by atoms with Crippen molar-refractivity contribution >= 4 is 17.1 Å². The lowest BCUT2D eigenvalue weighted by Crippen LogP contribution is -2.09. The minimum atomic E-state index is 1.00. The van der Waals surface area contributed by atoms with Gasteiger partial charge in [0.1, 0.15) is 0 Å². The molecule has 0 saturated carbocycles. The van der Waals surface area contributed by atoms with E-state index in [1.165, 1.54) is 33.4 Å². The van der Waals surface area contributed by atoms with Crippen LogP contribution in [0, 0.1) is 25.7 Å². The number of hydrogen-bond donors (Lipinski definition) is 0. The van der Waals surface area contributed by atoms with Crippen molar-refractivity contribution < 1.29 is 0 Å². The van der Waals surface area contributed by atoms with Gasteiger partial charge in [0.2, 0.25) is 0 Å². The van der Waals surface area contributed by atoms with E-state index < -0.39 is 0 Å². The van der Waals surface area contributed by atoms with Crippen molar-refractivity contribution in [2.45, 2.75) is 39.5 Å². The average molecular weight is 504 g/mol. The molecule has 0 aromatic heterocycles. The van der Waals surface area contributed by atoms with Crippen LogP contribution in [0.4, 0.5) is 17.1 Å². The highest BCUT2D eigenvalue weighted by Crippen LogP contribution is 2.34. The van der Waals surface area contributed by atoms with Crippen LogP contribution in [0.5, 0.6) is 0 Å². The van der Waals surface area contributed by atoms with Gasteiger partial charge in [-0.25, -0.2) is 0 Å². The number of rotatable bonds is 3. The monoisotopic (exact) mass is 503 g/mol. The second-order valence-electron chi connectivity index (χ2n) is 10.6. The largest absolute Gasteiger partial charge is 0.311 e. The highest BCUT2D eigenvalue weighted by molar-refractivity contribution is 5.77. The lowest BCUT2D eigenvalue weighted by Gasteiger charge is -2.25. The maximum Gasteiger partial charge on any atom is 0.0462 e. The summed E-state index contributed by atoms with van der Waals surface area (Å²) in [4.78, 5) is 2.30. The van der Waals surface area contributed by atoms with Crippen molar-refractivity contribution in [2.24, 2.45) is 0 Å². The summed E-state index contributed by atoms with van der Waals surface area (Å²) in [6.45, 7) is 4.25. The van der Waals surface area contributed by atoms with Crippen LogP contribution in [0.25, 0.3) is 0 Å². The zero-order valence-electron chi connectivity index (χ0n) is 22.7. The number of benzene rings is 5. The molecule has 0 atom stereocenters. The third-order valence-corrected chi connectivity index (χ3v) is 7.63. The Kier molecular flexibility index (Phi) is 7.03. The molecule has 9 rings (SSSR count). The minimum Gasteiger partial charge on any atom is -0.311 e. The SMILES string of the molecule is Cc1ccc(N(c2ccc(C)cc2)c2ccc(C#Cc3cc4ccc3CCc3ccc(cc3)CC4)cc2)cc1. The molecule has 0 radical (unpaired) electrons. The second-order valence-corrected chi connectivity index (χ2v) is 10.6. The molecular weight excluding hydrogens is 470 g/mol. The van der Waals surface area contributed by atoms with E-state index in [-0.39, 0.29) is 0 Å². The van der Waals surface area contributed by atoms with Crippen molar-refractivity contribution in [3.05, 3.63) is 160 Å². The third kappa shape index (κ3) is 5.82. The molecule has 0 heterocycles. The van der Waals surface area contributed by atoms with Crippen molar-refractivity contribution in [1.82, 2.24) is 0 Å². The Bertz CT molecular complexity index is 1580. The van der Waals surface area contributed by atoms with Gasteiger partial charge in [-0.3, -0.25) is 0 Å². The van der Waals surface area contributed by atoms with Gasteiger partial charge in [0.15, 0.2) is 0 Å². The van der Waals surface area contributed by atoms with Crippen LogP contribution in [-0.4, -0.2) is 0 Å². The maximum absolute atomic E-state index is 3.53. The third-order valence-electron chi connectivity index (χ3n) is 7.63. The van der Waals surface area contributed by atoms with E-state index in [0.717, 1.165) is 53.9 Å². The van der Waals surface area contributed by atoms with Crippen molar-refractivity contribution in [3.63, 3.8) is 0 Å². The van der Waals surface area contributed by atoms with E-state index in [9.17, 15) is 0 Å². The molecule has 4 aliphatic carbocycles. The number of anilines is 3. The summed E-state index contributed by atoms with van der Waals surface area (Å²) in [5.41, 5.74) is 13.6. The first-order valence-electron chi connectivity index (χ1n) is 13.9. The number of aryl methyl sites for hydroxylation is 6. The molecule has 5 aromatic rings. The maximum atomic E-state index is 3.53. The Labute approximate surface area is 232 Å². The van der Waals surface area contributed by atoms with Crippen LogP contribution in [-0.2, 0) is 25.7 Å². The molecule has 1 heteroatoms. The molecular formula is C38H33N. The van der Waals surface area contributed by atoms with E-state index in [4.69, 9.17) is 0 Å². The fourth-order valence-corrected chi connectivity index (χ4v) is 5.22. The van der Waals surface area contributed by atoms with Crippen LogP contribution in [0.1, 0.15) is 44.5 Å². The topological polar surface area (TPSA) is 3.24 Å². The first-order chi connectivity index (χ1) is 19.1. The summed E-state index contributed by atoms with van der Waals surface area (Å²) in [5.74, 6) is 6.99. The van der Waals surface area contributed by atoms with Crippen molar-refractivity contribution in [2.75, 3.05) is 4.90 Å². The first-order valence-corrected chi connectivity index (χ1v) is 13.9. The lowest BCUT2D eigenvalue weighted by atomic mass is 9.93. The van der Waals surface area contributed by atoms with Gasteiger partial charge in [-0.1, -0.05) is 83.6 Å². The summed E-state index contributed by atoms with van der Waals surface area (Å²) >= 11 is 0. The first kappa shape index (κ1) is 24.8. The molecule has 4 bridgehead atoms. The molecule has 0 amide bonds. The molecule has 0 N–H and O–H groups in total. The second kappa shape index (κ2) is 11.1. The van der Waals surface area contributed by atoms with Gasteiger partial charge in [0.05, 0.1) is 0 Å². The molecule has 0 aliphatic heterocycles. The Hall–Kier alpha value is -4.54. The van der Waals surface area contributed by atoms with Gasteiger partial charge in [-0.2, -0.15) is 0 Å². The Balaban J connectivity index is 1.29. The molecule has 4 aliphatic rings. The Morgan fingerprint density at radius 3 is 1.49 bits per heavy atom. The highest BCUT2D eigenvalue weighted by atomic mass is 15.1. The summed E-state index contributed by atoms with van der Waals surface area (Å²) in [6.07, 6.45) is 4.14. The van der Waals surface area contributed by atoms with E-state index >= 15 is 0 Å². The molecule has 1 nitrogen and oxygen atoms in total. The molecule has 0 unspecified atom stereocenters. The summed E-state index contributed by atoms with van der Waals surface area (Å²) in [5, 5.41) is 0. The molecule has 0 saturated heterocycles. The molecule has 190 valence electrons. The Morgan fingerprint density at radius 2 is 0.923 bits per heavy atom. The van der Waals surface area contributed by atoms with Crippen molar-refractivity contribution in [1.29, 1.82) is 0 Å². The molecule has 39 heavy (non-hydrogen) atoms. The standard InChI is InChI=1S/C38H33N/c1-28-3-21-36(22-4-28)39(37-23-5-29(2)6-24-37)38-25-16-32(17-26-38)14-20-35-27-33-12-11-30-7-9-31(10-8-30)13-18-34(35)19-15-33/h3-10,15-17,19,21-27H,11-13,18H2,1-2H3. The zero-order chi connectivity index (χ0) is 26.6. The van der Waals surface area contributed by atoms with Gasteiger partial charge in [0, 0.05) is 28.2 Å². The lowest BCUT2D eigenvalue weighted by molar-refractivity contribution is 0.918. The van der Waals surface area contributed by atoms with E-state index in [1.807, 2.05) is 0 Å². The van der Waals surface area contributed by atoms with Gasteiger partial charge in [0.25, 0.3) is 0 Å². The fourth-order valence-electron chi connectivity index (χ4n) is 5.22. The van der Waals surface area contributed by atoms with Crippen LogP contribution in [0.2, 0.25) is 0 Å². The number of nitrogens with zero attached hydrogens (tertiary/aromatic N) is 1. The number of hydrogen-bond acceptors (Lipinski definition) is 1. The summed E-state index contributed by atoms with van der Waals surface area (Å²) < 4.78 is 0.